The predicted octanol–water partition coefficient (Wildman–Crippen LogP) is 5.88. The van der Waals surface area contributed by atoms with Gasteiger partial charge in [0.1, 0.15) is 23.4 Å². The SMILES string of the molecule is CC1=C(C(=O)OCC(Cl)(Cl)Cl)N2C(=O)[C@@H](N=Cc3cc(C(C)(C)C)c(O)c(C(C)(C)C)c3)[C@H]2SC1. The Hall–Kier alpha value is -1.41. The van der Waals surface area contributed by atoms with Crippen LogP contribution in [0, 0.1) is 0 Å². The van der Waals surface area contributed by atoms with Crippen LogP contribution in [0.5, 0.6) is 5.75 Å². The lowest BCUT2D eigenvalue weighted by Crippen LogP contribution is -2.64. The van der Waals surface area contributed by atoms with Crippen molar-refractivity contribution in [3.05, 3.63) is 40.1 Å². The maximum absolute atomic E-state index is 13.0. The topological polar surface area (TPSA) is 79.2 Å². The number of phenolic OH excluding ortho intramolecular Hbond substituents is 1. The van der Waals surface area contributed by atoms with Gasteiger partial charge in [0.25, 0.3) is 5.91 Å². The van der Waals surface area contributed by atoms with Crippen LogP contribution in [0.15, 0.2) is 28.4 Å². The van der Waals surface area contributed by atoms with Gasteiger partial charge in [-0.25, -0.2) is 4.79 Å². The summed E-state index contributed by atoms with van der Waals surface area (Å²) in [5, 5.41) is 10.6. The Morgan fingerprint density at radius 2 is 1.71 bits per heavy atom. The number of thioether (sulfide) groups is 1. The number of phenols is 1. The zero-order valence-electron chi connectivity index (χ0n) is 20.9. The summed E-state index contributed by atoms with van der Waals surface area (Å²) in [6, 6.07) is 3.19. The van der Waals surface area contributed by atoms with E-state index in [1.54, 1.807) is 13.1 Å². The standard InChI is InChI=1S/C25H31Cl3N2O4S/c1-13-11-35-21-17(20(32)30(21)18(13)22(33)34-12-25(26,27)28)29-10-14-8-15(23(2,3)4)19(31)16(9-14)24(5,6)7/h8-10,17,21,31H,11-12H2,1-7H3/t17-,21-/m1/s1. The van der Waals surface area contributed by atoms with Gasteiger partial charge in [-0.3, -0.25) is 14.7 Å². The van der Waals surface area contributed by atoms with Crippen molar-refractivity contribution >= 4 is 64.7 Å². The molecule has 6 nitrogen and oxygen atoms in total. The number of fused-ring (bicyclic) bond motifs is 1. The van der Waals surface area contributed by atoms with Gasteiger partial charge in [0.15, 0.2) is 6.04 Å². The number of alkyl halides is 3. The third-order valence-corrected chi connectivity index (χ3v) is 7.56. The summed E-state index contributed by atoms with van der Waals surface area (Å²) in [6.45, 7) is 13.6. The molecule has 0 spiro atoms. The summed E-state index contributed by atoms with van der Waals surface area (Å²) in [7, 11) is 0. The number of hydrogen-bond acceptors (Lipinski definition) is 6. The highest BCUT2D eigenvalue weighted by Crippen LogP contribution is 2.43. The van der Waals surface area contributed by atoms with E-state index in [4.69, 9.17) is 39.5 Å². The lowest BCUT2D eigenvalue weighted by molar-refractivity contribution is -0.150. The van der Waals surface area contributed by atoms with Gasteiger partial charge in [-0.1, -0.05) is 76.3 Å². The fraction of sp³-hybridized carbons (Fsp3) is 0.560. The first-order valence-corrected chi connectivity index (χ1v) is 13.4. The molecule has 2 aliphatic heterocycles. The lowest BCUT2D eigenvalue weighted by atomic mass is 9.78. The van der Waals surface area contributed by atoms with E-state index in [1.165, 1.54) is 16.7 Å². The van der Waals surface area contributed by atoms with Crippen molar-refractivity contribution in [1.82, 2.24) is 4.90 Å². The second-order valence-corrected chi connectivity index (χ2v) is 14.5. The van der Waals surface area contributed by atoms with Crippen molar-refractivity contribution in [3.63, 3.8) is 0 Å². The molecule has 0 saturated carbocycles. The van der Waals surface area contributed by atoms with Gasteiger partial charge in [0, 0.05) is 23.1 Å². The molecular formula is C25H31Cl3N2O4S. The van der Waals surface area contributed by atoms with E-state index in [0.717, 1.165) is 22.3 Å². The number of amides is 1. The van der Waals surface area contributed by atoms with Crippen molar-refractivity contribution in [2.75, 3.05) is 12.4 Å². The van der Waals surface area contributed by atoms with E-state index in [-0.39, 0.29) is 33.6 Å². The number of nitrogens with zero attached hydrogens (tertiary/aromatic N) is 2. The molecule has 1 amide bonds. The average Bonchev–Trinajstić information content (AvgIpc) is 2.70. The van der Waals surface area contributed by atoms with Crippen molar-refractivity contribution in [3.8, 4) is 5.75 Å². The van der Waals surface area contributed by atoms with Gasteiger partial charge in [-0.2, -0.15) is 0 Å². The Labute approximate surface area is 226 Å². The van der Waals surface area contributed by atoms with Crippen LogP contribution in [-0.4, -0.2) is 55.7 Å². The van der Waals surface area contributed by atoms with Crippen molar-refractivity contribution in [2.24, 2.45) is 4.99 Å². The minimum atomic E-state index is -1.74. The van der Waals surface area contributed by atoms with Crippen molar-refractivity contribution in [2.45, 2.75) is 74.5 Å². The van der Waals surface area contributed by atoms with Gasteiger partial charge in [0.05, 0.1) is 0 Å². The number of ether oxygens (including phenoxy) is 1. The summed E-state index contributed by atoms with van der Waals surface area (Å²) < 4.78 is 3.39. The number of β-lactam (4-membered cyclic amide) rings is 1. The van der Waals surface area contributed by atoms with Gasteiger partial charge >= 0.3 is 5.97 Å². The minimum absolute atomic E-state index is 0.189. The van der Waals surface area contributed by atoms with Crippen LogP contribution in [0.2, 0.25) is 0 Å². The number of esters is 1. The number of benzene rings is 1. The molecule has 192 valence electrons. The Bertz CT molecular complexity index is 1060. The number of aromatic hydroxyl groups is 1. The number of carbonyl (C=O) groups is 2. The summed E-state index contributed by atoms with van der Waals surface area (Å²) in [6.07, 6.45) is 1.68. The Balaban J connectivity index is 1.86. The van der Waals surface area contributed by atoms with E-state index in [0.29, 0.717) is 5.75 Å². The predicted molar refractivity (Wildman–Crippen MR) is 144 cm³/mol. The third-order valence-electron chi connectivity index (χ3n) is 5.82. The normalized spacial score (nSPS) is 21.3. The van der Waals surface area contributed by atoms with E-state index >= 15 is 0 Å². The summed E-state index contributed by atoms with van der Waals surface area (Å²) in [5.74, 6) is -0.141. The molecule has 2 heterocycles. The summed E-state index contributed by atoms with van der Waals surface area (Å²) in [5.41, 5.74) is 2.79. The summed E-state index contributed by atoms with van der Waals surface area (Å²) >= 11 is 18.6. The average molecular weight is 562 g/mol. The largest absolute Gasteiger partial charge is 0.507 e. The second kappa shape index (κ2) is 9.81. The molecule has 0 radical (unpaired) electrons. The molecule has 1 aromatic carbocycles. The molecule has 0 unspecified atom stereocenters. The van der Waals surface area contributed by atoms with E-state index in [2.05, 4.69) is 4.99 Å². The van der Waals surface area contributed by atoms with Crippen molar-refractivity contribution < 1.29 is 19.4 Å². The lowest BCUT2D eigenvalue weighted by Gasteiger charge is -2.47. The molecule has 0 aromatic heterocycles. The quantitative estimate of drug-likeness (QED) is 0.215. The van der Waals surface area contributed by atoms with Crippen LogP contribution in [0.25, 0.3) is 0 Å². The molecule has 1 aromatic rings. The molecule has 1 N–H and O–H groups in total. The highest BCUT2D eigenvalue weighted by atomic mass is 35.6. The fourth-order valence-electron chi connectivity index (χ4n) is 4.00. The fourth-order valence-corrected chi connectivity index (χ4v) is 5.45. The van der Waals surface area contributed by atoms with Crippen LogP contribution in [-0.2, 0) is 25.2 Å². The first-order chi connectivity index (χ1) is 15.9. The monoisotopic (exact) mass is 560 g/mol. The zero-order chi connectivity index (χ0) is 26.5. The molecule has 2 aliphatic rings. The van der Waals surface area contributed by atoms with E-state index in [9.17, 15) is 14.7 Å². The number of aliphatic imine (C=N–C) groups is 1. The number of carbonyl (C=O) groups excluding carboxylic acids is 2. The van der Waals surface area contributed by atoms with Gasteiger partial charge in [-0.05, 0) is 41.0 Å². The van der Waals surface area contributed by atoms with Gasteiger partial charge in [0.2, 0.25) is 3.79 Å². The molecule has 10 heteroatoms. The first kappa shape index (κ1) is 28.2. The Morgan fingerprint density at radius 3 is 2.20 bits per heavy atom. The molecule has 35 heavy (non-hydrogen) atoms. The third kappa shape index (κ3) is 6.12. The first-order valence-electron chi connectivity index (χ1n) is 11.2. The number of hydrogen-bond donors (Lipinski definition) is 1. The van der Waals surface area contributed by atoms with Crippen LogP contribution in [0.4, 0.5) is 0 Å². The number of rotatable bonds is 4. The zero-order valence-corrected chi connectivity index (χ0v) is 24.0. The highest BCUT2D eigenvalue weighted by Gasteiger charge is 2.53. The molecule has 1 saturated heterocycles. The van der Waals surface area contributed by atoms with Crippen LogP contribution >= 0.6 is 46.6 Å². The molecule has 1 fully saturated rings. The maximum Gasteiger partial charge on any atom is 0.355 e. The second-order valence-electron chi connectivity index (χ2n) is 10.9. The van der Waals surface area contributed by atoms with Crippen LogP contribution in [0.3, 0.4) is 0 Å². The molecular weight excluding hydrogens is 531 g/mol. The van der Waals surface area contributed by atoms with Crippen LogP contribution < -0.4 is 0 Å². The molecule has 3 rings (SSSR count). The molecule has 2 atom stereocenters. The van der Waals surface area contributed by atoms with E-state index in [1.807, 2.05) is 53.7 Å². The van der Waals surface area contributed by atoms with Gasteiger partial charge in [-0.15, -0.1) is 11.8 Å². The van der Waals surface area contributed by atoms with Crippen LogP contribution in [0.1, 0.15) is 65.2 Å². The Kier molecular flexibility index (Phi) is 7.89. The van der Waals surface area contributed by atoms with E-state index < -0.39 is 22.4 Å². The molecule has 0 bridgehead atoms. The Morgan fingerprint density at radius 1 is 1.17 bits per heavy atom. The molecule has 0 aliphatic carbocycles. The van der Waals surface area contributed by atoms with Gasteiger partial charge < -0.3 is 9.84 Å². The maximum atomic E-state index is 13.0. The highest BCUT2D eigenvalue weighted by molar-refractivity contribution is 8.00. The summed E-state index contributed by atoms with van der Waals surface area (Å²) in [4.78, 5) is 31.7. The number of halogens is 3. The smallest absolute Gasteiger partial charge is 0.355 e. The minimum Gasteiger partial charge on any atom is -0.507 e. The van der Waals surface area contributed by atoms with Crippen molar-refractivity contribution in [1.29, 1.82) is 0 Å².